The summed E-state index contributed by atoms with van der Waals surface area (Å²) < 4.78 is 1.79. The molecule has 0 saturated heterocycles. The predicted molar refractivity (Wildman–Crippen MR) is 117 cm³/mol. The van der Waals surface area contributed by atoms with Gasteiger partial charge in [0.2, 0.25) is 5.95 Å². The van der Waals surface area contributed by atoms with Crippen LogP contribution in [0.15, 0.2) is 18.2 Å². The van der Waals surface area contributed by atoms with Crippen molar-refractivity contribution in [2.75, 3.05) is 16.4 Å². The molecule has 154 valence electrons. The van der Waals surface area contributed by atoms with Gasteiger partial charge in [-0.05, 0) is 57.7 Å². The third-order valence-corrected chi connectivity index (χ3v) is 5.32. The van der Waals surface area contributed by atoms with Crippen LogP contribution < -0.4 is 22.1 Å². The summed E-state index contributed by atoms with van der Waals surface area (Å²) in [5.41, 5.74) is 14.5. The molecule has 0 unspecified atom stereocenters. The molecule has 2 heterocycles. The fourth-order valence-electron chi connectivity index (χ4n) is 3.60. The van der Waals surface area contributed by atoms with E-state index in [1.54, 1.807) is 22.9 Å². The van der Waals surface area contributed by atoms with E-state index in [4.69, 9.17) is 28.1 Å². The van der Waals surface area contributed by atoms with Gasteiger partial charge in [-0.2, -0.15) is 9.97 Å². The van der Waals surface area contributed by atoms with Crippen LogP contribution >= 0.6 is 11.6 Å². The summed E-state index contributed by atoms with van der Waals surface area (Å²) in [4.78, 5) is 9.38. The van der Waals surface area contributed by atoms with E-state index >= 15 is 0 Å². The average Bonchev–Trinajstić information content (AvgIpc) is 3.07. The molecule has 0 radical (unpaired) electrons. The zero-order valence-corrected chi connectivity index (χ0v) is 17.3. The Morgan fingerprint density at radius 2 is 1.90 bits per heavy atom. The molecule has 10 heteroatoms. The first kappa shape index (κ1) is 19.7. The van der Waals surface area contributed by atoms with Gasteiger partial charge in [-0.25, -0.2) is 4.68 Å². The molecule has 3 aromatic rings. The topological polar surface area (TPSA) is 133 Å². The van der Waals surface area contributed by atoms with E-state index in [0.717, 1.165) is 31.4 Å². The molecule has 0 spiro atoms. The standard InChI is InChI=1S/C19H26ClN9/c1-10(2)29-18-16(27-28-29)17(23-15-8-11(20)7-13(22)9-15)25-19(26-18)24-14-5-3-12(21)4-6-14/h7-10,12,14H,3-6,21-22H2,1-2H3,(H2,23,24,25,26). The summed E-state index contributed by atoms with van der Waals surface area (Å²) in [7, 11) is 0. The van der Waals surface area contributed by atoms with Gasteiger partial charge in [0.1, 0.15) is 0 Å². The third kappa shape index (κ3) is 4.35. The summed E-state index contributed by atoms with van der Waals surface area (Å²) in [5, 5.41) is 15.8. The van der Waals surface area contributed by atoms with Crippen LogP contribution in [0.1, 0.15) is 45.6 Å². The molecule has 4 rings (SSSR count). The molecule has 6 N–H and O–H groups in total. The molecule has 1 fully saturated rings. The molecule has 0 bridgehead atoms. The van der Waals surface area contributed by atoms with Gasteiger partial charge in [0.25, 0.3) is 0 Å². The largest absolute Gasteiger partial charge is 0.399 e. The van der Waals surface area contributed by atoms with Crippen molar-refractivity contribution in [3.8, 4) is 0 Å². The molecule has 1 aliphatic rings. The zero-order chi connectivity index (χ0) is 20.5. The quantitative estimate of drug-likeness (QED) is 0.465. The minimum atomic E-state index is 0.116. The monoisotopic (exact) mass is 415 g/mol. The lowest BCUT2D eigenvalue weighted by Crippen LogP contribution is -2.33. The Morgan fingerprint density at radius 3 is 2.59 bits per heavy atom. The molecule has 29 heavy (non-hydrogen) atoms. The first-order valence-electron chi connectivity index (χ1n) is 9.87. The molecular formula is C19H26ClN9. The number of aromatic nitrogens is 5. The number of nitrogen functional groups attached to an aromatic ring is 1. The second kappa shape index (κ2) is 8.00. The maximum absolute atomic E-state index is 6.14. The third-order valence-electron chi connectivity index (χ3n) is 5.10. The predicted octanol–water partition coefficient (Wildman–Crippen LogP) is 3.46. The number of benzene rings is 1. The molecule has 1 saturated carbocycles. The van der Waals surface area contributed by atoms with Crippen LogP contribution in [0, 0.1) is 0 Å². The summed E-state index contributed by atoms with van der Waals surface area (Å²) in [6, 6.07) is 5.97. The summed E-state index contributed by atoms with van der Waals surface area (Å²) >= 11 is 6.14. The van der Waals surface area contributed by atoms with Gasteiger partial charge in [0.15, 0.2) is 17.0 Å². The van der Waals surface area contributed by atoms with Crippen molar-refractivity contribution >= 4 is 45.9 Å². The van der Waals surface area contributed by atoms with Crippen LogP contribution in [0.2, 0.25) is 5.02 Å². The molecule has 9 nitrogen and oxygen atoms in total. The van der Waals surface area contributed by atoms with Crippen LogP contribution in [-0.4, -0.2) is 37.0 Å². The Kier molecular flexibility index (Phi) is 5.42. The smallest absolute Gasteiger partial charge is 0.227 e. The Bertz CT molecular complexity index is 988. The molecule has 1 aliphatic carbocycles. The number of nitrogens with one attached hydrogen (secondary N) is 2. The lowest BCUT2D eigenvalue weighted by molar-refractivity contribution is 0.410. The molecule has 2 aromatic heterocycles. The highest BCUT2D eigenvalue weighted by molar-refractivity contribution is 6.31. The Hall–Kier alpha value is -2.65. The second-order valence-corrected chi connectivity index (χ2v) is 8.29. The van der Waals surface area contributed by atoms with Gasteiger partial charge in [-0.15, -0.1) is 5.10 Å². The van der Waals surface area contributed by atoms with Crippen LogP contribution in [0.25, 0.3) is 11.2 Å². The highest BCUT2D eigenvalue weighted by Crippen LogP contribution is 2.29. The van der Waals surface area contributed by atoms with Crippen molar-refractivity contribution in [2.24, 2.45) is 5.73 Å². The van der Waals surface area contributed by atoms with Gasteiger partial charge in [0.05, 0.1) is 6.04 Å². The second-order valence-electron chi connectivity index (χ2n) is 7.85. The van der Waals surface area contributed by atoms with Crippen molar-refractivity contribution in [3.05, 3.63) is 23.2 Å². The molecule has 0 aliphatic heterocycles. The van der Waals surface area contributed by atoms with Crippen molar-refractivity contribution in [1.29, 1.82) is 0 Å². The van der Waals surface area contributed by atoms with Crippen LogP contribution in [0.3, 0.4) is 0 Å². The lowest BCUT2D eigenvalue weighted by Gasteiger charge is -2.26. The van der Waals surface area contributed by atoms with Crippen LogP contribution in [0.4, 0.5) is 23.1 Å². The number of nitrogens with zero attached hydrogens (tertiary/aromatic N) is 5. The SMILES string of the molecule is CC(C)n1nnc2c(Nc3cc(N)cc(Cl)c3)nc(NC3CCC(N)CC3)nc21. The minimum Gasteiger partial charge on any atom is -0.399 e. The molecule has 0 atom stereocenters. The fraction of sp³-hybridized carbons (Fsp3) is 0.474. The molecule has 1 aromatic carbocycles. The highest BCUT2D eigenvalue weighted by Gasteiger charge is 2.21. The number of hydrogen-bond acceptors (Lipinski definition) is 8. The van der Waals surface area contributed by atoms with E-state index in [9.17, 15) is 0 Å². The van der Waals surface area contributed by atoms with Gasteiger partial charge in [-0.3, -0.25) is 0 Å². The Labute approximate surface area is 174 Å². The summed E-state index contributed by atoms with van der Waals surface area (Å²) in [6.07, 6.45) is 3.99. The molecule has 0 amide bonds. The van der Waals surface area contributed by atoms with Crippen molar-refractivity contribution in [2.45, 2.75) is 57.7 Å². The summed E-state index contributed by atoms with van der Waals surface area (Å²) in [5.74, 6) is 1.10. The minimum absolute atomic E-state index is 0.116. The van der Waals surface area contributed by atoms with Gasteiger partial charge >= 0.3 is 0 Å². The van der Waals surface area contributed by atoms with E-state index in [2.05, 4.69) is 25.9 Å². The van der Waals surface area contributed by atoms with Crippen molar-refractivity contribution in [3.63, 3.8) is 0 Å². The molecular weight excluding hydrogens is 390 g/mol. The van der Waals surface area contributed by atoms with E-state index < -0.39 is 0 Å². The Morgan fingerprint density at radius 1 is 1.14 bits per heavy atom. The number of rotatable bonds is 5. The van der Waals surface area contributed by atoms with Gasteiger partial charge < -0.3 is 22.1 Å². The Balaban J connectivity index is 1.71. The van der Waals surface area contributed by atoms with E-state index in [0.29, 0.717) is 39.7 Å². The normalized spacial score (nSPS) is 19.6. The van der Waals surface area contributed by atoms with E-state index in [1.165, 1.54) is 0 Å². The van der Waals surface area contributed by atoms with E-state index in [1.807, 2.05) is 13.8 Å². The van der Waals surface area contributed by atoms with Crippen molar-refractivity contribution in [1.82, 2.24) is 25.0 Å². The average molecular weight is 416 g/mol. The first-order chi connectivity index (χ1) is 13.9. The highest BCUT2D eigenvalue weighted by atomic mass is 35.5. The number of halogens is 1. The fourth-order valence-corrected chi connectivity index (χ4v) is 3.84. The summed E-state index contributed by atoms with van der Waals surface area (Å²) in [6.45, 7) is 4.08. The lowest BCUT2D eigenvalue weighted by atomic mass is 9.92. The van der Waals surface area contributed by atoms with Crippen molar-refractivity contribution < 1.29 is 0 Å². The number of fused-ring (bicyclic) bond motifs is 1. The number of hydrogen-bond donors (Lipinski definition) is 4. The first-order valence-corrected chi connectivity index (χ1v) is 10.2. The van der Waals surface area contributed by atoms with E-state index in [-0.39, 0.29) is 12.1 Å². The number of anilines is 4. The van der Waals surface area contributed by atoms with Gasteiger partial charge in [0, 0.05) is 28.5 Å². The number of nitrogens with two attached hydrogens (primary N) is 2. The van der Waals surface area contributed by atoms with Crippen LogP contribution in [-0.2, 0) is 0 Å². The van der Waals surface area contributed by atoms with Crippen LogP contribution in [0.5, 0.6) is 0 Å². The zero-order valence-electron chi connectivity index (χ0n) is 16.6. The maximum atomic E-state index is 6.14. The van der Waals surface area contributed by atoms with Gasteiger partial charge in [-0.1, -0.05) is 16.8 Å². The maximum Gasteiger partial charge on any atom is 0.227 e.